The summed E-state index contributed by atoms with van der Waals surface area (Å²) in [6.45, 7) is 2.08. The Bertz CT molecular complexity index is 463. The molecule has 2 aliphatic rings. The fourth-order valence-corrected chi connectivity index (χ4v) is 3.51. The minimum absolute atomic E-state index is 0.241. The maximum absolute atomic E-state index is 13.1. The van der Waals surface area contributed by atoms with Gasteiger partial charge in [-0.1, -0.05) is 6.42 Å². The van der Waals surface area contributed by atoms with Crippen LogP contribution >= 0.6 is 0 Å². The molecule has 0 aromatic rings. The van der Waals surface area contributed by atoms with Crippen molar-refractivity contribution in [3.8, 4) is 0 Å². The van der Waals surface area contributed by atoms with Crippen LogP contribution in [-0.4, -0.2) is 49.2 Å². The number of likely N-dealkylation sites (tertiary alicyclic amines) is 1. The predicted molar refractivity (Wildman–Crippen MR) is 76.2 cm³/mol. The molecule has 1 aliphatic heterocycles. The second-order valence-corrected chi connectivity index (χ2v) is 6.45. The molecule has 0 spiro atoms. The second kappa shape index (κ2) is 6.67. The molecular weight excluding hydrogens is 313 g/mol. The molecule has 0 radical (unpaired) electrons. The number of halogens is 3. The van der Waals surface area contributed by atoms with Crippen LogP contribution < -0.4 is 5.73 Å². The molecule has 0 aromatic heterocycles. The van der Waals surface area contributed by atoms with E-state index in [1.54, 1.807) is 0 Å². The van der Waals surface area contributed by atoms with Crippen LogP contribution in [0.25, 0.3) is 0 Å². The van der Waals surface area contributed by atoms with Gasteiger partial charge in [0, 0.05) is 26.3 Å². The van der Waals surface area contributed by atoms with E-state index in [9.17, 15) is 22.8 Å². The average Bonchev–Trinajstić information content (AvgIpc) is 2.86. The van der Waals surface area contributed by atoms with Gasteiger partial charge in [-0.3, -0.25) is 9.59 Å². The van der Waals surface area contributed by atoms with Crippen molar-refractivity contribution < 1.29 is 27.5 Å². The van der Waals surface area contributed by atoms with E-state index < -0.39 is 35.9 Å². The Morgan fingerprint density at radius 3 is 2.35 bits per heavy atom. The second-order valence-electron chi connectivity index (χ2n) is 6.45. The monoisotopic (exact) mass is 336 g/mol. The van der Waals surface area contributed by atoms with E-state index in [1.165, 1.54) is 4.90 Å². The number of nitrogens with two attached hydrogens (primary N) is 1. The molecule has 2 rings (SSSR count). The van der Waals surface area contributed by atoms with Crippen LogP contribution in [0, 0.1) is 17.3 Å². The van der Waals surface area contributed by atoms with Gasteiger partial charge in [-0.2, -0.15) is 13.2 Å². The van der Waals surface area contributed by atoms with Crippen molar-refractivity contribution in [1.29, 1.82) is 0 Å². The lowest BCUT2D eigenvalue weighted by atomic mass is 9.66. The minimum Gasteiger partial charge on any atom is -0.382 e. The van der Waals surface area contributed by atoms with Crippen molar-refractivity contribution in [3.05, 3.63) is 0 Å². The van der Waals surface area contributed by atoms with Gasteiger partial charge in [-0.05, 0) is 26.2 Å². The zero-order valence-electron chi connectivity index (χ0n) is 13.2. The summed E-state index contributed by atoms with van der Waals surface area (Å²) in [5.41, 5.74) is 4.48. The SMILES string of the molecule is CCOCCC1(C(=O)N2C[C@@H](C(F)(F)F)[C@H](C(N)=O)C2)CCC1. The van der Waals surface area contributed by atoms with E-state index >= 15 is 0 Å². The molecule has 0 aromatic carbocycles. The molecule has 0 unspecified atom stereocenters. The third kappa shape index (κ3) is 3.62. The van der Waals surface area contributed by atoms with Gasteiger partial charge in [0.2, 0.25) is 11.8 Å². The first-order chi connectivity index (χ1) is 10.7. The lowest BCUT2D eigenvalue weighted by molar-refractivity contribution is -0.183. The summed E-state index contributed by atoms with van der Waals surface area (Å²) in [5.74, 6) is -4.52. The van der Waals surface area contributed by atoms with E-state index in [0.29, 0.717) is 32.5 Å². The Hall–Kier alpha value is -1.31. The number of carbonyl (C=O) groups excluding carboxylic acids is 2. The molecular formula is C15H23F3N2O3. The van der Waals surface area contributed by atoms with Gasteiger partial charge in [0.25, 0.3) is 0 Å². The summed E-state index contributed by atoms with van der Waals surface area (Å²) in [6.07, 6.45) is -1.82. The van der Waals surface area contributed by atoms with Gasteiger partial charge in [0.1, 0.15) is 0 Å². The van der Waals surface area contributed by atoms with Crippen molar-refractivity contribution in [2.75, 3.05) is 26.3 Å². The topological polar surface area (TPSA) is 72.6 Å². The fourth-order valence-electron chi connectivity index (χ4n) is 3.51. The molecule has 1 saturated carbocycles. The minimum atomic E-state index is -4.53. The molecule has 8 heteroatoms. The quantitative estimate of drug-likeness (QED) is 0.751. The number of hydrogen-bond acceptors (Lipinski definition) is 3. The average molecular weight is 336 g/mol. The largest absolute Gasteiger partial charge is 0.394 e. The van der Waals surface area contributed by atoms with Crippen LogP contribution in [0.1, 0.15) is 32.6 Å². The first kappa shape index (κ1) is 18.0. The first-order valence-corrected chi connectivity index (χ1v) is 7.94. The van der Waals surface area contributed by atoms with Crippen molar-refractivity contribution in [3.63, 3.8) is 0 Å². The van der Waals surface area contributed by atoms with Crippen molar-refractivity contribution in [1.82, 2.24) is 4.90 Å². The molecule has 0 bridgehead atoms. The van der Waals surface area contributed by atoms with Crippen molar-refractivity contribution in [2.45, 2.75) is 38.8 Å². The number of alkyl halides is 3. The van der Waals surface area contributed by atoms with Crippen molar-refractivity contribution >= 4 is 11.8 Å². The third-order valence-electron chi connectivity index (χ3n) is 5.09. The summed E-state index contributed by atoms with van der Waals surface area (Å²) in [4.78, 5) is 25.2. The number of amides is 2. The highest BCUT2D eigenvalue weighted by Gasteiger charge is 2.55. The molecule has 2 N–H and O–H groups in total. The standard InChI is InChI=1S/C15H23F3N2O3/c1-2-23-7-6-14(4-3-5-14)13(22)20-8-10(12(19)21)11(9-20)15(16,17)18/h10-11H,2-9H2,1H3,(H2,19,21)/t10-,11-/m1/s1. The number of hydrogen-bond donors (Lipinski definition) is 1. The number of primary amides is 1. The van der Waals surface area contributed by atoms with Gasteiger partial charge in [0.05, 0.1) is 17.3 Å². The van der Waals surface area contributed by atoms with E-state index in [2.05, 4.69) is 0 Å². The number of carbonyl (C=O) groups is 2. The van der Waals surface area contributed by atoms with Gasteiger partial charge in [0.15, 0.2) is 0 Å². The predicted octanol–water partition coefficient (Wildman–Crippen LogP) is 1.71. The molecule has 2 amide bonds. The van der Waals surface area contributed by atoms with Crippen LogP contribution in [0.5, 0.6) is 0 Å². The number of ether oxygens (including phenoxy) is 1. The van der Waals surface area contributed by atoms with Gasteiger partial charge >= 0.3 is 6.18 Å². The highest BCUT2D eigenvalue weighted by molar-refractivity contribution is 5.86. The molecule has 2 fully saturated rings. The number of rotatable bonds is 6. The Kier molecular flexibility index (Phi) is 5.23. The summed E-state index contributed by atoms with van der Waals surface area (Å²) in [7, 11) is 0. The smallest absolute Gasteiger partial charge is 0.382 e. The summed E-state index contributed by atoms with van der Waals surface area (Å²) >= 11 is 0. The Morgan fingerprint density at radius 2 is 1.96 bits per heavy atom. The van der Waals surface area contributed by atoms with E-state index in [-0.39, 0.29) is 12.5 Å². The zero-order chi connectivity index (χ0) is 17.3. The van der Waals surface area contributed by atoms with Gasteiger partial charge in [-0.15, -0.1) is 0 Å². The Labute approximate surface area is 133 Å². The van der Waals surface area contributed by atoms with Crippen LogP contribution in [-0.2, 0) is 14.3 Å². The van der Waals surface area contributed by atoms with E-state index in [1.807, 2.05) is 6.92 Å². The van der Waals surface area contributed by atoms with Gasteiger partial charge in [-0.25, -0.2) is 0 Å². The maximum atomic E-state index is 13.1. The lowest BCUT2D eigenvalue weighted by Gasteiger charge is -2.42. The molecule has 1 heterocycles. The normalized spacial score (nSPS) is 26.9. The van der Waals surface area contributed by atoms with Crippen molar-refractivity contribution in [2.24, 2.45) is 23.0 Å². The highest BCUT2D eigenvalue weighted by Crippen LogP contribution is 2.47. The zero-order valence-corrected chi connectivity index (χ0v) is 13.2. The molecule has 1 aliphatic carbocycles. The highest BCUT2D eigenvalue weighted by atomic mass is 19.4. The lowest BCUT2D eigenvalue weighted by Crippen LogP contribution is -2.48. The summed E-state index contributed by atoms with van der Waals surface area (Å²) in [6, 6.07) is 0. The molecule has 23 heavy (non-hydrogen) atoms. The van der Waals surface area contributed by atoms with Gasteiger partial charge < -0.3 is 15.4 Å². The van der Waals surface area contributed by atoms with Crippen LogP contribution in [0.4, 0.5) is 13.2 Å². The van der Waals surface area contributed by atoms with Crippen LogP contribution in [0.15, 0.2) is 0 Å². The molecule has 2 atom stereocenters. The Balaban J connectivity index is 2.09. The van der Waals surface area contributed by atoms with Crippen LogP contribution in [0.2, 0.25) is 0 Å². The summed E-state index contributed by atoms with van der Waals surface area (Å²) < 4.78 is 44.5. The molecule has 5 nitrogen and oxygen atoms in total. The molecule has 132 valence electrons. The first-order valence-electron chi connectivity index (χ1n) is 7.94. The third-order valence-corrected chi connectivity index (χ3v) is 5.09. The Morgan fingerprint density at radius 1 is 1.30 bits per heavy atom. The van der Waals surface area contributed by atoms with E-state index in [4.69, 9.17) is 10.5 Å². The number of nitrogens with zero attached hydrogens (tertiary/aromatic N) is 1. The molecule has 1 saturated heterocycles. The van der Waals surface area contributed by atoms with E-state index in [0.717, 1.165) is 6.42 Å². The summed E-state index contributed by atoms with van der Waals surface area (Å²) in [5, 5.41) is 0. The van der Waals surface area contributed by atoms with Crippen LogP contribution in [0.3, 0.4) is 0 Å². The fraction of sp³-hybridized carbons (Fsp3) is 0.867. The maximum Gasteiger partial charge on any atom is 0.394 e.